The lowest BCUT2D eigenvalue weighted by Gasteiger charge is -2.24. The first-order valence-electron chi connectivity index (χ1n) is 6.55. The lowest BCUT2D eigenvalue weighted by molar-refractivity contribution is 0.127. The minimum Gasteiger partial charge on any atom is -0.393 e. The minimum atomic E-state index is -0.148. The van der Waals surface area contributed by atoms with Gasteiger partial charge in [-0.25, -0.2) is 0 Å². The third kappa shape index (κ3) is 4.40. The van der Waals surface area contributed by atoms with Crippen LogP contribution in [0.3, 0.4) is 0 Å². The quantitative estimate of drug-likeness (QED) is 0.723. The van der Waals surface area contributed by atoms with Gasteiger partial charge in [-0.15, -0.1) is 0 Å². The number of aliphatic hydroxyl groups is 1. The molecule has 1 fully saturated rings. The van der Waals surface area contributed by atoms with Gasteiger partial charge in [0.25, 0.3) is 0 Å². The fourth-order valence-electron chi connectivity index (χ4n) is 2.34. The number of hydrogen-bond donors (Lipinski definition) is 2. The third-order valence-electron chi connectivity index (χ3n) is 3.87. The van der Waals surface area contributed by atoms with Crippen LogP contribution >= 0.6 is 0 Å². The average molecular weight is 228 g/mol. The maximum absolute atomic E-state index is 9.52. The van der Waals surface area contributed by atoms with Crippen molar-refractivity contribution in [1.82, 2.24) is 4.90 Å². The Labute approximate surface area is 100 Å². The molecular weight excluding hydrogens is 200 g/mol. The van der Waals surface area contributed by atoms with Crippen molar-refractivity contribution in [1.29, 1.82) is 0 Å². The molecule has 3 nitrogen and oxygen atoms in total. The van der Waals surface area contributed by atoms with Crippen LogP contribution < -0.4 is 5.73 Å². The van der Waals surface area contributed by atoms with Crippen LogP contribution in [-0.4, -0.2) is 42.3 Å². The molecule has 0 bridgehead atoms. The molecule has 0 aromatic heterocycles. The summed E-state index contributed by atoms with van der Waals surface area (Å²) in [5.74, 6) is 0.488. The van der Waals surface area contributed by atoms with Crippen molar-refractivity contribution in [3.8, 4) is 0 Å². The molecule has 1 aliphatic rings. The van der Waals surface area contributed by atoms with Crippen LogP contribution in [0.15, 0.2) is 0 Å². The molecule has 3 heteroatoms. The number of likely N-dealkylation sites (tertiary alicyclic amines) is 1. The van der Waals surface area contributed by atoms with Crippen molar-refractivity contribution < 1.29 is 5.11 Å². The summed E-state index contributed by atoms with van der Waals surface area (Å²) in [5, 5.41) is 9.52. The number of nitrogens with zero attached hydrogens (tertiary/aromatic N) is 1. The first-order chi connectivity index (χ1) is 7.44. The number of rotatable bonds is 6. The first kappa shape index (κ1) is 13.9. The van der Waals surface area contributed by atoms with Gasteiger partial charge in [-0.05, 0) is 57.2 Å². The summed E-state index contributed by atoms with van der Waals surface area (Å²) in [5.41, 5.74) is 6.00. The molecule has 0 spiro atoms. The van der Waals surface area contributed by atoms with E-state index in [1.54, 1.807) is 0 Å². The molecule has 0 amide bonds. The van der Waals surface area contributed by atoms with E-state index in [9.17, 15) is 5.11 Å². The van der Waals surface area contributed by atoms with Crippen LogP contribution in [0.1, 0.15) is 40.0 Å². The molecule has 1 saturated heterocycles. The average Bonchev–Trinajstić information content (AvgIpc) is 2.66. The summed E-state index contributed by atoms with van der Waals surface area (Å²) in [6.45, 7) is 10.5. The molecule has 96 valence electrons. The lowest BCUT2D eigenvalue weighted by atomic mass is 9.88. The van der Waals surface area contributed by atoms with Crippen molar-refractivity contribution in [3.05, 3.63) is 0 Å². The van der Waals surface area contributed by atoms with Gasteiger partial charge < -0.3 is 15.7 Å². The molecular formula is C13H28N2O. The molecule has 1 heterocycles. The SMILES string of the molecule is CC(O)C1CCN(CCCC(C)(C)CN)C1. The van der Waals surface area contributed by atoms with E-state index in [4.69, 9.17) is 5.73 Å². The lowest BCUT2D eigenvalue weighted by Crippen LogP contribution is -2.28. The fraction of sp³-hybridized carbons (Fsp3) is 1.00. The van der Waals surface area contributed by atoms with E-state index in [0.29, 0.717) is 5.92 Å². The Balaban J connectivity index is 2.16. The van der Waals surface area contributed by atoms with E-state index < -0.39 is 0 Å². The molecule has 1 aliphatic heterocycles. The highest BCUT2D eigenvalue weighted by Crippen LogP contribution is 2.23. The maximum atomic E-state index is 9.52. The molecule has 0 saturated carbocycles. The molecule has 3 N–H and O–H groups in total. The Morgan fingerprint density at radius 1 is 1.50 bits per heavy atom. The van der Waals surface area contributed by atoms with Crippen LogP contribution in [0, 0.1) is 11.3 Å². The van der Waals surface area contributed by atoms with Crippen LogP contribution in [0.25, 0.3) is 0 Å². The molecule has 0 aromatic carbocycles. The predicted molar refractivity (Wildman–Crippen MR) is 68.3 cm³/mol. The normalized spacial score (nSPS) is 24.9. The second-order valence-electron chi connectivity index (χ2n) is 6.06. The van der Waals surface area contributed by atoms with Crippen LogP contribution in [0.2, 0.25) is 0 Å². The van der Waals surface area contributed by atoms with Gasteiger partial charge in [-0.3, -0.25) is 0 Å². The number of nitrogens with two attached hydrogens (primary N) is 1. The van der Waals surface area contributed by atoms with Gasteiger partial charge in [0.15, 0.2) is 0 Å². The van der Waals surface area contributed by atoms with E-state index in [-0.39, 0.29) is 11.5 Å². The van der Waals surface area contributed by atoms with E-state index in [0.717, 1.165) is 32.6 Å². The van der Waals surface area contributed by atoms with Crippen molar-refractivity contribution >= 4 is 0 Å². The minimum absolute atomic E-state index is 0.148. The monoisotopic (exact) mass is 228 g/mol. The smallest absolute Gasteiger partial charge is 0.0552 e. The van der Waals surface area contributed by atoms with Gasteiger partial charge in [0.1, 0.15) is 0 Å². The van der Waals surface area contributed by atoms with Crippen molar-refractivity contribution in [2.45, 2.75) is 46.1 Å². The van der Waals surface area contributed by atoms with Gasteiger partial charge in [0.05, 0.1) is 6.10 Å². The van der Waals surface area contributed by atoms with Gasteiger partial charge in [-0.1, -0.05) is 13.8 Å². The summed E-state index contributed by atoms with van der Waals surface area (Å²) in [6, 6.07) is 0. The summed E-state index contributed by atoms with van der Waals surface area (Å²) in [6.07, 6.45) is 3.42. The predicted octanol–water partition coefficient (Wildman–Crippen LogP) is 1.45. The van der Waals surface area contributed by atoms with Gasteiger partial charge >= 0.3 is 0 Å². The Hall–Kier alpha value is -0.120. The summed E-state index contributed by atoms with van der Waals surface area (Å²) >= 11 is 0. The first-order valence-corrected chi connectivity index (χ1v) is 6.55. The molecule has 2 unspecified atom stereocenters. The Kier molecular flexibility index (Phi) is 5.22. The van der Waals surface area contributed by atoms with E-state index in [2.05, 4.69) is 18.7 Å². The number of hydrogen-bond acceptors (Lipinski definition) is 3. The Morgan fingerprint density at radius 2 is 2.19 bits per heavy atom. The van der Waals surface area contributed by atoms with E-state index in [1.165, 1.54) is 12.8 Å². The van der Waals surface area contributed by atoms with Crippen LogP contribution in [0.5, 0.6) is 0 Å². The van der Waals surface area contributed by atoms with Gasteiger partial charge in [0, 0.05) is 6.54 Å². The molecule has 0 radical (unpaired) electrons. The molecule has 2 atom stereocenters. The summed E-state index contributed by atoms with van der Waals surface area (Å²) in [7, 11) is 0. The highest BCUT2D eigenvalue weighted by Gasteiger charge is 2.25. The zero-order valence-corrected chi connectivity index (χ0v) is 11.1. The topological polar surface area (TPSA) is 49.5 Å². The third-order valence-corrected chi connectivity index (χ3v) is 3.87. The van der Waals surface area contributed by atoms with Crippen molar-refractivity contribution in [2.24, 2.45) is 17.1 Å². The largest absolute Gasteiger partial charge is 0.393 e. The van der Waals surface area contributed by atoms with Gasteiger partial charge in [0.2, 0.25) is 0 Å². The highest BCUT2D eigenvalue weighted by molar-refractivity contribution is 4.79. The second-order valence-corrected chi connectivity index (χ2v) is 6.06. The summed E-state index contributed by atoms with van der Waals surface area (Å²) in [4.78, 5) is 2.48. The standard InChI is InChI=1S/C13H28N2O/c1-11(16)12-5-8-15(9-12)7-4-6-13(2,3)10-14/h11-12,16H,4-10,14H2,1-3H3. The van der Waals surface area contributed by atoms with Crippen LogP contribution in [-0.2, 0) is 0 Å². The second kappa shape index (κ2) is 5.99. The Bertz CT molecular complexity index is 204. The van der Waals surface area contributed by atoms with E-state index >= 15 is 0 Å². The van der Waals surface area contributed by atoms with E-state index in [1.807, 2.05) is 6.92 Å². The highest BCUT2D eigenvalue weighted by atomic mass is 16.3. The number of aliphatic hydroxyl groups excluding tert-OH is 1. The van der Waals surface area contributed by atoms with Crippen molar-refractivity contribution in [2.75, 3.05) is 26.2 Å². The van der Waals surface area contributed by atoms with Gasteiger partial charge in [-0.2, -0.15) is 0 Å². The summed E-state index contributed by atoms with van der Waals surface area (Å²) < 4.78 is 0. The molecule has 0 aromatic rings. The zero-order valence-electron chi connectivity index (χ0n) is 11.1. The van der Waals surface area contributed by atoms with Crippen molar-refractivity contribution in [3.63, 3.8) is 0 Å². The zero-order chi connectivity index (χ0) is 12.2. The van der Waals surface area contributed by atoms with Crippen LogP contribution in [0.4, 0.5) is 0 Å². The maximum Gasteiger partial charge on any atom is 0.0552 e. The molecule has 1 rings (SSSR count). The fourth-order valence-corrected chi connectivity index (χ4v) is 2.34. The Morgan fingerprint density at radius 3 is 2.69 bits per heavy atom. The molecule has 0 aliphatic carbocycles. The molecule has 16 heavy (non-hydrogen) atoms.